The fraction of sp³-hybridized carbons (Fsp3) is 0.636. The Balaban J connectivity index is 2.75. The van der Waals surface area contributed by atoms with Gasteiger partial charge in [-0.05, 0) is 30.4 Å². The zero-order chi connectivity index (χ0) is 17.0. The number of rotatable bonds is 13. The molecule has 0 radical (unpaired) electrons. The van der Waals surface area contributed by atoms with Crippen LogP contribution < -0.4 is 0 Å². The van der Waals surface area contributed by atoms with Crippen LogP contribution in [0.5, 0.6) is 0 Å². The zero-order valence-electron chi connectivity index (χ0n) is 15.8. The molecule has 1 heteroatoms. The van der Waals surface area contributed by atoms with Crippen molar-refractivity contribution in [2.75, 3.05) is 24.6 Å². The Bertz CT molecular complexity index is 396. The van der Waals surface area contributed by atoms with Crippen molar-refractivity contribution in [1.82, 2.24) is 0 Å². The van der Waals surface area contributed by atoms with Crippen LogP contribution in [0.25, 0.3) is 6.08 Å². The molecular weight excluding hydrogens is 295 g/mol. The van der Waals surface area contributed by atoms with Crippen molar-refractivity contribution in [3.63, 3.8) is 0 Å². The first-order valence-electron chi connectivity index (χ1n) is 9.76. The molecule has 0 nitrogen and oxygen atoms in total. The molecule has 0 fully saturated rings. The third kappa shape index (κ3) is 7.67. The van der Waals surface area contributed by atoms with Gasteiger partial charge in [0.15, 0.2) is 0 Å². The summed E-state index contributed by atoms with van der Waals surface area (Å²) in [5, 5.41) is 0. The molecule has 0 saturated carbocycles. The summed E-state index contributed by atoms with van der Waals surface area (Å²) in [7, 11) is -0.750. The maximum atomic E-state index is 3.85. The van der Waals surface area contributed by atoms with Gasteiger partial charge in [-0.3, -0.25) is 0 Å². The molecular formula is C22H38P+. The molecule has 0 aliphatic carbocycles. The zero-order valence-corrected chi connectivity index (χ0v) is 16.7. The van der Waals surface area contributed by atoms with Crippen molar-refractivity contribution in [3.05, 3.63) is 42.0 Å². The standard InChI is InChI=1S/C22H38P/c1-5-9-17-23(18-10-6-2,19-11-7-3)20-16-22-14-12-21(8-4)13-15-22/h8,12-15H,4-7,9-11,16-20H2,1-3H3/q+1. The Morgan fingerprint density at radius 1 is 0.783 bits per heavy atom. The summed E-state index contributed by atoms with van der Waals surface area (Å²) in [5.74, 6) is 0. The van der Waals surface area contributed by atoms with E-state index in [0.717, 1.165) is 0 Å². The fourth-order valence-electron chi connectivity index (χ4n) is 3.34. The van der Waals surface area contributed by atoms with Crippen LogP contribution in [0, 0.1) is 0 Å². The van der Waals surface area contributed by atoms with Crippen LogP contribution in [-0.2, 0) is 6.42 Å². The topological polar surface area (TPSA) is 0 Å². The minimum atomic E-state index is -0.750. The molecule has 1 aromatic carbocycles. The molecule has 0 aliphatic heterocycles. The van der Waals surface area contributed by atoms with Gasteiger partial charge < -0.3 is 0 Å². The van der Waals surface area contributed by atoms with Crippen molar-refractivity contribution in [3.8, 4) is 0 Å². The highest BCUT2D eigenvalue weighted by molar-refractivity contribution is 7.75. The third-order valence-electron chi connectivity index (χ3n) is 5.05. The Morgan fingerprint density at radius 2 is 1.26 bits per heavy atom. The molecule has 0 atom stereocenters. The van der Waals surface area contributed by atoms with Gasteiger partial charge in [0.2, 0.25) is 0 Å². The molecule has 0 aliphatic rings. The van der Waals surface area contributed by atoms with E-state index in [1.165, 1.54) is 80.7 Å². The SMILES string of the molecule is C=Cc1ccc(CC[P+](CCCC)(CCCC)CCCC)cc1. The summed E-state index contributed by atoms with van der Waals surface area (Å²) < 4.78 is 0. The first-order chi connectivity index (χ1) is 11.2. The number of aryl methyl sites for hydroxylation is 1. The van der Waals surface area contributed by atoms with Crippen LogP contribution in [-0.4, -0.2) is 24.6 Å². The molecule has 130 valence electrons. The van der Waals surface area contributed by atoms with E-state index in [4.69, 9.17) is 0 Å². The smallest absolute Gasteiger partial charge is 0.0634 e. The summed E-state index contributed by atoms with van der Waals surface area (Å²) in [5.41, 5.74) is 2.75. The van der Waals surface area contributed by atoms with E-state index < -0.39 is 7.26 Å². The van der Waals surface area contributed by atoms with E-state index in [2.05, 4.69) is 51.6 Å². The molecule has 0 bridgehead atoms. The van der Waals surface area contributed by atoms with E-state index in [1.807, 2.05) is 6.08 Å². The Labute approximate surface area is 146 Å². The highest BCUT2D eigenvalue weighted by Gasteiger charge is 2.34. The fourth-order valence-corrected chi connectivity index (χ4v) is 8.37. The van der Waals surface area contributed by atoms with Gasteiger partial charge in [0.05, 0.1) is 24.6 Å². The molecule has 0 spiro atoms. The van der Waals surface area contributed by atoms with Gasteiger partial charge in [-0.15, -0.1) is 0 Å². The minimum Gasteiger partial charge on any atom is -0.0985 e. The molecule has 0 saturated heterocycles. The molecule has 0 N–H and O–H groups in total. The van der Waals surface area contributed by atoms with Crippen molar-refractivity contribution in [1.29, 1.82) is 0 Å². The average Bonchev–Trinajstić information content (AvgIpc) is 2.61. The summed E-state index contributed by atoms with van der Waals surface area (Å²) in [4.78, 5) is 0. The largest absolute Gasteiger partial charge is 0.0985 e. The summed E-state index contributed by atoms with van der Waals surface area (Å²) in [6.45, 7) is 10.9. The highest BCUT2D eigenvalue weighted by atomic mass is 31.2. The normalized spacial score (nSPS) is 11.6. The Morgan fingerprint density at radius 3 is 1.65 bits per heavy atom. The van der Waals surface area contributed by atoms with Gasteiger partial charge in [0.1, 0.15) is 0 Å². The van der Waals surface area contributed by atoms with Crippen molar-refractivity contribution in [2.45, 2.75) is 65.7 Å². The van der Waals surface area contributed by atoms with Gasteiger partial charge in [-0.2, -0.15) is 0 Å². The lowest BCUT2D eigenvalue weighted by Crippen LogP contribution is -2.14. The lowest BCUT2D eigenvalue weighted by Gasteiger charge is -2.28. The molecule has 23 heavy (non-hydrogen) atoms. The lowest BCUT2D eigenvalue weighted by molar-refractivity contribution is 0.830. The maximum absolute atomic E-state index is 3.85. The van der Waals surface area contributed by atoms with E-state index >= 15 is 0 Å². The van der Waals surface area contributed by atoms with Crippen LogP contribution in [0.4, 0.5) is 0 Å². The summed E-state index contributed by atoms with van der Waals surface area (Å²) >= 11 is 0. The molecule has 0 heterocycles. The van der Waals surface area contributed by atoms with Crippen LogP contribution in [0.3, 0.4) is 0 Å². The van der Waals surface area contributed by atoms with Crippen molar-refractivity contribution >= 4 is 13.3 Å². The molecule has 1 aromatic rings. The number of hydrogen-bond acceptors (Lipinski definition) is 0. The number of unbranched alkanes of at least 4 members (excludes halogenated alkanes) is 3. The number of hydrogen-bond donors (Lipinski definition) is 0. The minimum absolute atomic E-state index is 0.750. The van der Waals surface area contributed by atoms with Crippen LogP contribution in [0.1, 0.15) is 70.4 Å². The van der Waals surface area contributed by atoms with E-state index in [-0.39, 0.29) is 0 Å². The second-order valence-corrected chi connectivity index (χ2v) is 11.5. The van der Waals surface area contributed by atoms with E-state index in [9.17, 15) is 0 Å². The van der Waals surface area contributed by atoms with Gasteiger partial charge >= 0.3 is 0 Å². The molecule has 0 amide bonds. The first-order valence-corrected chi connectivity index (χ1v) is 12.3. The predicted molar refractivity (Wildman–Crippen MR) is 111 cm³/mol. The monoisotopic (exact) mass is 333 g/mol. The van der Waals surface area contributed by atoms with Gasteiger partial charge in [-0.1, -0.05) is 77.0 Å². The van der Waals surface area contributed by atoms with E-state index in [0.29, 0.717) is 0 Å². The van der Waals surface area contributed by atoms with Crippen LogP contribution in [0.15, 0.2) is 30.8 Å². The quantitative estimate of drug-likeness (QED) is 0.332. The maximum Gasteiger partial charge on any atom is 0.0634 e. The second-order valence-electron chi connectivity index (χ2n) is 6.99. The second kappa shape index (κ2) is 11.9. The summed E-state index contributed by atoms with van der Waals surface area (Å²) in [6.07, 6.45) is 17.7. The Kier molecular flexibility index (Phi) is 10.5. The molecule has 0 aromatic heterocycles. The predicted octanol–water partition coefficient (Wildman–Crippen LogP) is 7.29. The molecule has 1 rings (SSSR count). The highest BCUT2D eigenvalue weighted by Crippen LogP contribution is 2.61. The Hall–Kier alpha value is -0.610. The first kappa shape index (κ1) is 20.4. The van der Waals surface area contributed by atoms with Crippen LogP contribution in [0.2, 0.25) is 0 Å². The van der Waals surface area contributed by atoms with Crippen molar-refractivity contribution in [2.24, 2.45) is 0 Å². The van der Waals surface area contributed by atoms with Gasteiger partial charge in [0.25, 0.3) is 0 Å². The number of benzene rings is 1. The van der Waals surface area contributed by atoms with Gasteiger partial charge in [0, 0.05) is 13.7 Å². The van der Waals surface area contributed by atoms with Crippen molar-refractivity contribution < 1.29 is 0 Å². The molecule has 0 unspecified atom stereocenters. The third-order valence-corrected chi connectivity index (χ3v) is 10.0. The summed E-state index contributed by atoms with van der Waals surface area (Å²) in [6, 6.07) is 9.05. The van der Waals surface area contributed by atoms with Gasteiger partial charge in [-0.25, -0.2) is 0 Å². The van der Waals surface area contributed by atoms with E-state index in [1.54, 1.807) is 0 Å². The lowest BCUT2D eigenvalue weighted by atomic mass is 10.1. The average molecular weight is 334 g/mol. The van der Waals surface area contributed by atoms with Crippen LogP contribution >= 0.6 is 7.26 Å².